The molecule has 14 rings (SSSR count). The minimum Gasteiger partial charge on any atom is -0.508 e. The molecule has 7 heterocycles. The molecule has 1 unspecified atom stereocenters. The summed E-state index contributed by atoms with van der Waals surface area (Å²) in [7, 11) is 0. The normalized spacial score (nSPS) is 21.7. The summed E-state index contributed by atoms with van der Waals surface area (Å²) in [6.07, 6.45) is 9.46. The molecule has 7 aliphatic heterocycles. The Labute approximate surface area is 626 Å². The van der Waals surface area contributed by atoms with Crippen LogP contribution in [0.2, 0.25) is 10.0 Å². The number of ether oxygens (including phenoxy) is 3. The van der Waals surface area contributed by atoms with Gasteiger partial charge >= 0.3 is 0 Å². The van der Waals surface area contributed by atoms with Crippen LogP contribution < -0.4 is 62.5 Å². The lowest BCUT2D eigenvalue weighted by Crippen LogP contribution is -2.56. The smallest absolute Gasteiger partial charge is 0.248 e. The number of halogens is 2. The third kappa shape index (κ3) is 17.3. The standard InChI is InChI=1S/C78H86Cl2N10O17/c1-3-4-5-6-7-8-9-11-23-82-38-50-56(94)37-49-62(70(50)96)48-31-42(17-19-54(48)92)64-75(101)89-68(78(104)88-67(49)74(100)83-24-13-26-90-25-12-10-14-39(90)2)69(95)43-18-22-58(52(80)32-43)107-61-35-45-34-60(71(61)97)106-57-21-15-40(27-51(57)79)28-53-72(98)85-65(76(102)87-66(45)77(103)86-64)44-29-46(91)36-47(30-44)105-59-33-41(16-20-55(59)93)63(81)73(99)84-53/h15-22,27,29-37,39,53,63-69,82,91-97H,3-14,23-26,28,38,81H2,1-2H3,(H,83,100)(H,84,99)(H,85,98)(H,86,103)(H,87,102)(H,88,104)(H,89,101)/t39?,53-,63+,64-,65+,66-,67+,68+,69-/m1/s1. The van der Waals surface area contributed by atoms with Gasteiger partial charge in [0.2, 0.25) is 47.1 Å². The predicted molar refractivity (Wildman–Crippen MR) is 394 cm³/mol. The van der Waals surface area contributed by atoms with Gasteiger partial charge in [-0.25, -0.2) is 0 Å². The van der Waals surface area contributed by atoms with Gasteiger partial charge in [0.1, 0.15) is 88.6 Å². The largest absolute Gasteiger partial charge is 0.508 e. The quantitative estimate of drug-likeness (QED) is 0.0400. The summed E-state index contributed by atoms with van der Waals surface area (Å²) in [4.78, 5) is 110. The lowest BCUT2D eigenvalue weighted by Gasteiger charge is -2.33. The van der Waals surface area contributed by atoms with Gasteiger partial charge in [-0.15, -0.1) is 0 Å². The van der Waals surface area contributed by atoms with Crippen molar-refractivity contribution in [3.8, 4) is 80.1 Å². The van der Waals surface area contributed by atoms with E-state index in [4.69, 9.17) is 43.1 Å². The van der Waals surface area contributed by atoms with E-state index in [-0.39, 0.29) is 103 Å². The monoisotopic (exact) mass is 1500 g/mol. The minimum absolute atomic E-state index is 0.0775. The van der Waals surface area contributed by atoms with E-state index in [1.165, 1.54) is 85.3 Å². The Morgan fingerprint density at radius 2 is 1.19 bits per heavy atom. The maximum absolute atomic E-state index is 16.2. The fraction of sp³-hybridized carbons (Fsp3) is 0.372. The summed E-state index contributed by atoms with van der Waals surface area (Å²) >= 11 is 14.0. The van der Waals surface area contributed by atoms with Crippen molar-refractivity contribution in [1.29, 1.82) is 0 Å². The number of piperidine rings is 1. The number of carbonyl (C=O) groups is 7. The lowest BCUT2D eigenvalue weighted by molar-refractivity contribution is -0.137. The Morgan fingerprint density at radius 1 is 0.561 bits per heavy atom. The van der Waals surface area contributed by atoms with Crippen molar-refractivity contribution in [3.63, 3.8) is 0 Å². The molecule has 0 saturated carbocycles. The summed E-state index contributed by atoms with van der Waals surface area (Å²) in [5, 5.41) is 106. The van der Waals surface area contributed by atoms with Crippen LogP contribution in [0.3, 0.4) is 0 Å². The highest BCUT2D eigenvalue weighted by Crippen LogP contribution is 2.49. The zero-order valence-electron chi connectivity index (χ0n) is 58.8. The van der Waals surface area contributed by atoms with Crippen LogP contribution >= 0.6 is 23.2 Å². The second-order valence-corrected chi connectivity index (χ2v) is 28.5. The fourth-order valence-corrected chi connectivity index (χ4v) is 14.6. The Hall–Kier alpha value is -10.6. The number of nitrogens with zero attached hydrogens (tertiary/aromatic N) is 1. The first kappa shape index (κ1) is 76.1. The number of phenols is 6. The number of fused-ring (bicyclic) bond motifs is 14. The molecule has 17 bridgehead atoms. The average molecular weight is 1510 g/mol. The highest BCUT2D eigenvalue weighted by Gasteiger charge is 2.42. The van der Waals surface area contributed by atoms with Crippen molar-refractivity contribution >= 4 is 64.6 Å². The number of carbonyl (C=O) groups excluding carboxylic acids is 7. The number of nitrogens with two attached hydrogens (primary N) is 1. The maximum Gasteiger partial charge on any atom is 0.248 e. The third-order valence-corrected chi connectivity index (χ3v) is 20.7. The van der Waals surface area contributed by atoms with Gasteiger partial charge in [0.15, 0.2) is 23.0 Å². The number of hydrogen-bond donors (Lipinski definition) is 16. The van der Waals surface area contributed by atoms with Crippen molar-refractivity contribution in [1.82, 2.24) is 47.4 Å². The summed E-state index contributed by atoms with van der Waals surface area (Å²) in [6, 6.07) is 9.28. The van der Waals surface area contributed by atoms with Crippen molar-refractivity contribution in [2.24, 2.45) is 5.73 Å². The lowest BCUT2D eigenvalue weighted by atomic mass is 9.87. The topological polar surface area (TPSA) is 414 Å². The number of rotatable bonds is 16. The second kappa shape index (κ2) is 33.5. The first-order valence-electron chi connectivity index (χ1n) is 36.0. The van der Waals surface area contributed by atoms with Crippen LogP contribution in [-0.4, -0.2) is 126 Å². The maximum atomic E-state index is 16.2. The molecule has 7 aliphatic rings. The number of unbranched alkanes of at least 4 members (excludes halogenated alkanes) is 7. The molecule has 1 saturated heterocycles. The summed E-state index contributed by atoms with van der Waals surface area (Å²) in [5.41, 5.74) is 5.18. The fourth-order valence-electron chi connectivity index (χ4n) is 14.2. The van der Waals surface area contributed by atoms with Crippen molar-refractivity contribution < 1.29 is 83.5 Å². The average Bonchev–Trinajstić information content (AvgIpc) is 0.758. The Bertz CT molecular complexity index is 4580. The third-order valence-electron chi connectivity index (χ3n) is 20.1. The van der Waals surface area contributed by atoms with Crippen LogP contribution in [0.1, 0.15) is 172 Å². The van der Waals surface area contributed by atoms with E-state index in [2.05, 4.69) is 61.3 Å². The molecule has 564 valence electrons. The van der Waals surface area contributed by atoms with E-state index in [0.717, 1.165) is 101 Å². The van der Waals surface area contributed by atoms with E-state index >= 15 is 28.8 Å². The van der Waals surface area contributed by atoms with Crippen LogP contribution in [0.25, 0.3) is 11.1 Å². The molecule has 7 aromatic rings. The molecule has 9 atom stereocenters. The first-order valence-corrected chi connectivity index (χ1v) is 36.7. The van der Waals surface area contributed by atoms with Crippen molar-refractivity contribution in [2.75, 3.05) is 26.2 Å². The van der Waals surface area contributed by atoms with Gasteiger partial charge in [-0.2, -0.15) is 0 Å². The number of nitrogens with one attached hydrogen (secondary N) is 8. The number of likely N-dealkylation sites (tertiary alicyclic amines) is 1. The van der Waals surface area contributed by atoms with Crippen LogP contribution in [0.15, 0.2) is 109 Å². The number of benzene rings is 7. The van der Waals surface area contributed by atoms with Crippen LogP contribution in [-0.2, 0) is 46.5 Å². The molecule has 27 nitrogen and oxygen atoms in total. The number of aliphatic hydroxyl groups excluding tert-OH is 1. The van der Waals surface area contributed by atoms with Gasteiger partial charge in [-0.05, 0) is 164 Å². The molecule has 17 N–H and O–H groups in total. The van der Waals surface area contributed by atoms with Crippen LogP contribution in [0, 0.1) is 0 Å². The van der Waals surface area contributed by atoms with Gasteiger partial charge in [-0.3, -0.25) is 33.6 Å². The molecule has 0 aliphatic carbocycles. The molecule has 107 heavy (non-hydrogen) atoms. The number of hydrogen-bond acceptors (Lipinski definition) is 20. The van der Waals surface area contributed by atoms with E-state index in [9.17, 15) is 40.5 Å². The molecule has 1 fully saturated rings. The Morgan fingerprint density at radius 3 is 1.89 bits per heavy atom. The SMILES string of the molecule is CCCCCCCCCCNCc1c(O)cc2c(c1O)-c1cc(ccc1O)[C@H]1NC(=O)[C@@H]3NC(=O)[C@H]4NC(=O)[C@@H](Cc5ccc(c(Cl)c5)Oc5cc3cc(c5O)Oc3ccc(cc3Cl)[C@@H](O)[C@H](NC1=O)C(=O)N[C@@H]2C(=O)NCCCN1CCCCC1C)NC(=O)[C@@H](N)c1ccc(O)c(c1)Oc1cc(O)cc4c1. The summed E-state index contributed by atoms with van der Waals surface area (Å²) in [6.45, 7) is 6.18. The zero-order valence-corrected chi connectivity index (χ0v) is 60.3. The number of phenolic OH excluding ortho intramolecular Hbond substituents is 6. The van der Waals surface area contributed by atoms with Crippen molar-refractivity contribution in [2.45, 2.75) is 158 Å². The number of aliphatic hydroxyl groups is 1. The highest BCUT2D eigenvalue weighted by molar-refractivity contribution is 6.32. The number of amides is 7. The molecule has 29 heteroatoms. The van der Waals surface area contributed by atoms with Gasteiger partial charge in [0.05, 0.1) is 15.6 Å². The van der Waals surface area contributed by atoms with Gasteiger partial charge in [-0.1, -0.05) is 106 Å². The van der Waals surface area contributed by atoms with Gasteiger partial charge in [0.25, 0.3) is 0 Å². The molecular weight excluding hydrogens is 1420 g/mol. The Kier molecular flexibility index (Phi) is 23.8. The molecule has 0 aromatic heterocycles. The molecular formula is C78H86Cl2N10O17. The molecule has 0 radical (unpaired) electrons. The van der Waals surface area contributed by atoms with E-state index < -0.39 is 136 Å². The van der Waals surface area contributed by atoms with E-state index in [1.807, 2.05) is 0 Å². The molecule has 0 spiro atoms. The second-order valence-electron chi connectivity index (χ2n) is 27.7. The summed E-state index contributed by atoms with van der Waals surface area (Å²) < 4.78 is 18.8. The van der Waals surface area contributed by atoms with Crippen molar-refractivity contribution in [3.05, 3.63) is 164 Å². The Balaban J connectivity index is 1.02. The number of aromatic hydroxyl groups is 6. The minimum atomic E-state index is -2.16. The van der Waals surface area contributed by atoms with E-state index in [1.54, 1.807) is 0 Å². The molecule has 7 amide bonds. The zero-order chi connectivity index (χ0) is 75.9. The predicted octanol–water partition coefficient (Wildman–Crippen LogP) is 9.51. The van der Waals surface area contributed by atoms with E-state index in [0.29, 0.717) is 31.1 Å². The molecule has 7 aromatic carbocycles. The summed E-state index contributed by atoms with van der Waals surface area (Å²) in [5.74, 6) is -13.1. The van der Waals surface area contributed by atoms with Crippen LogP contribution in [0.4, 0.5) is 0 Å². The van der Waals surface area contributed by atoms with Gasteiger partial charge in [0, 0.05) is 49.3 Å². The highest BCUT2D eigenvalue weighted by atomic mass is 35.5. The first-order chi connectivity index (χ1) is 51.4. The van der Waals surface area contributed by atoms with Crippen LogP contribution in [0.5, 0.6) is 69.0 Å². The van der Waals surface area contributed by atoms with Gasteiger partial charge < -0.3 is 103 Å².